The minimum atomic E-state index is 0.132. The van der Waals surface area contributed by atoms with Crippen molar-refractivity contribution in [3.63, 3.8) is 0 Å². The van der Waals surface area contributed by atoms with Crippen molar-refractivity contribution in [1.82, 2.24) is 0 Å². The Morgan fingerprint density at radius 1 is 1.24 bits per heavy atom. The molecule has 21 heavy (non-hydrogen) atoms. The van der Waals surface area contributed by atoms with E-state index in [2.05, 4.69) is 42.2 Å². The second kappa shape index (κ2) is 5.60. The fourth-order valence-electron chi connectivity index (χ4n) is 3.02. The van der Waals surface area contributed by atoms with Crippen molar-refractivity contribution in [2.75, 3.05) is 11.4 Å². The van der Waals surface area contributed by atoms with E-state index in [1.165, 1.54) is 35.2 Å². The van der Waals surface area contributed by atoms with E-state index in [9.17, 15) is 0 Å². The van der Waals surface area contributed by atoms with Gasteiger partial charge in [-0.15, -0.1) is 0 Å². The third-order valence-corrected chi connectivity index (χ3v) is 4.22. The Kier molecular flexibility index (Phi) is 3.65. The van der Waals surface area contributed by atoms with Crippen molar-refractivity contribution >= 4 is 11.5 Å². The molecule has 108 valence electrons. The van der Waals surface area contributed by atoms with Crippen molar-refractivity contribution in [3.05, 3.63) is 64.7 Å². The van der Waals surface area contributed by atoms with Crippen LogP contribution in [-0.4, -0.2) is 12.4 Å². The van der Waals surface area contributed by atoms with Gasteiger partial charge in [0.25, 0.3) is 0 Å². The van der Waals surface area contributed by atoms with Crippen LogP contribution in [0.5, 0.6) is 0 Å². The molecule has 0 saturated carbocycles. The van der Waals surface area contributed by atoms with Gasteiger partial charge in [-0.2, -0.15) is 0 Å². The van der Waals surface area contributed by atoms with Gasteiger partial charge in [-0.1, -0.05) is 30.3 Å². The molecular weight excluding hydrogens is 258 g/mol. The van der Waals surface area contributed by atoms with Gasteiger partial charge in [0.15, 0.2) is 0 Å². The van der Waals surface area contributed by atoms with Gasteiger partial charge in [-0.25, -0.2) is 0 Å². The van der Waals surface area contributed by atoms with Crippen LogP contribution in [0.1, 0.15) is 28.7 Å². The van der Waals surface area contributed by atoms with Gasteiger partial charge in [0, 0.05) is 24.3 Å². The van der Waals surface area contributed by atoms with Crippen LogP contribution in [-0.2, 0) is 13.0 Å². The summed E-state index contributed by atoms with van der Waals surface area (Å²) in [6, 6.07) is 14.7. The molecule has 0 unspecified atom stereocenters. The number of nitrogens with one attached hydrogen (secondary N) is 1. The van der Waals surface area contributed by atoms with Crippen LogP contribution in [0.4, 0.5) is 5.69 Å². The first-order valence-electron chi connectivity index (χ1n) is 7.42. The Hall–Kier alpha value is -2.29. The van der Waals surface area contributed by atoms with E-state index in [0.717, 1.165) is 18.7 Å². The van der Waals surface area contributed by atoms with Gasteiger partial charge in [0.2, 0.25) is 0 Å². The highest BCUT2D eigenvalue weighted by atomic mass is 15.1. The molecule has 2 aromatic carbocycles. The molecule has 0 amide bonds. The maximum absolute atomic E-state index is 7.52. The minimum absolute atomic E-state index is 0.132. The normalized spacial score (nSPS) is 13.9. The molecule has 3 rings (SSSR count). The zero-order valence-corrected chi connectivity index (χ0v) is 12.4. The van der Waals surface area contributed by atoms with E-state index in [1.807, 2.05) is 12.1 Å². The van der Waals surface area contributed by atoms with Gasteiger partial charge in [-0.3, -0.25) is 5.41 Å². The van der Waals surface area contributed by atoms with Crippen LogP contribution < -0.4 is 10.6 Å². The quantitative estimate of drug-likeness (QED) is 0.669. The van der Waals surface area contributed by atoms with Crippen molar-refractivity contribution in [2.24, 2.45) is 5.73 Å². The first-order chi connectivity index (χ1) is 10.1. The van der Waals surface area contributed by atoms with E-state index in [1.54, 1.807) is 0 Å². The third-order valence-electron chi connectivity index (χ3n) is 4.22. The van der Waals surface area contributed by atoms with E-state index >= 15 is 0 Å². The highest BCUT2D eigenvalue weighted by molar-refractivity contribution is 5.95. The van der Waals surface area contributed by atoms with Crippen LogP contribution in [0, 0.1) is 12.3 Å². The third kappa shape index (κ3) is 2.77. The Labute approximate surface area is 125 Å². The number of amidine groups is 1. The molecule has 0 bridgehead atoms. The SMILES string of the molecule is Cc1cc(C(=N)N)ccc1CN1CCCc2ccccc21. The summed E-state index contributed by atoms with van der Waals surface area (Å²) in [5.41, 5.74) is 11.7. The predicted molar refractivity (Wildman–Crippen MR) is 88.0 cm³/mol. The van der Waals surface area contributed by atoms with Gasteiger partial charge < -0.3 is 10.6 Å². The largest absolute Gasteiger partial charge is 0.384 e. The summed E-state index contributed by atoms with van der Waals surface area (Å²) in [5, 5.41) is 7.52. The molecule has 0 radical (unpaired) electrons. The molecular formula is C18H21N3. The van der Waals surface area contributed by atoms with Gasteiger partial charge in [0.05, 0.1) is 0 Å². The molecule has 1 aliphatic rings. The lowest BCUT2D eigenvalue weighted by Crippen LogP contribution is -2.29. The van der Waals surface area contributed by atoms with Gasteiger partial charge in [0.1, 0.15) is 5.84 Å². The Bertz CT molecular complexity index is 676. The Morgan fingerprint density at radius 2 is 2.05 bits per heavy atom. The van der Waals surface area contributed by atoms with Crippen LogP contribution in [0.3, 0.4) is 0 Å². The maximum atomic E-state index is 7.52. The van der Waals surface area contributed by atoms with Crippen molar-refractivity contribution in [2.45, 2.75) is 26.3 Å². The molecule has 3 nitrogen and oxygen atoms in total. The molecule has 1 heterocycles. The molecule has 1 aliphatic heterocycles. The lowest BCUT2D eigenvalue weighted by Gasteiger charge is -2.31. The van der Waals surface area contributed by atoms with E-state index in [-0.39, 0.29) is 5.84 Å². The first-order valence-corrected chi connectivity index (χ1v) is 7.42. The zero-order chi connectivity index (χ0) is 14.8. The topological polar surface area (TPSA) is 53.1 Å². The number of para-hydroxylation sites is 1. The maximum Gasteiger partial charge on any atom is 0.122 e. The number of anilines is 1. The molecule has 0 spiro atoms. The molecule has 0 saturated heterocycles. The highest BCUT2D eigenvalue weighted by Crippen LogP contribution is 2.28. The number of nitrogens with two attached hydrogens (primary N) is 1. The number of nitrogens with zero attached hydrogens (tertiary/aromatic N) is 1. The van der Waals surface area contributed by atoms with Crippen LogP contribution in [0.2, 0.25) is 0 Å². The van der Waals surface area contributed by atoms with Crippen LogP contribution in [0.15, 0.2) is 42.5 Å². The number of fused-ring (bicyclic) bond motifs is 1. The molecule has 0 fully saturated rings. The average molecular weight is 279 g/mol. The average Bonchev–Trinajstić information content (AvgIpc) is 2.49. The number of nitrogen functional groups attached to an aromatic ring is 1. The standard InChI is InChI=1S/C18H21N3/c1-13-11-15(18(19)20)8-9-16(13)12-21-10-4-6-14-5-2-3-7-17(14)21/h2-3,5,7-9,11H,4,6,10,12H2,1H3,(H3,19,20). The summed E-state index contributed by atoms with van der Waals surface area (Å²) < 4.78 is 0. The van der Waals surface area contributed by atoms with Gasteiger partial charge >= 0.3 is 0 Å². The summed E-state index contributed by atoms with van der Waals surface area (Å²) in [7, 11) is 0. The number of rotatable bonds is 3. The fourth-order valence-corrected chi connectivity index (χ4v) is 3.02. The predicted octanol–water partition coefficient (Wildman–Crippen LogP) is 3.23. The first kappa shape index (κ1) is 13.7. The molecule has 0 aromatic heterocycles. The fraction of sp³-hybridized carbons (Fsp3) is 0.278. The van der Waals surface area contributed by atoms with E-state index in [4.69, 9.17) is 11.1 Å². The smallest absolute Gasteiger partial charge is 0.122 e. The number of hydrogen-bond acceptors (Lipinski definition) is 2. The zero-order valence-electron chi connectivity index (χ0n) is 12.4. The summed E-state index contributed by atoms with van der Waals surface area (Å²) >= 11 is 0. The second-order valence-corrected chi connectivity index (χ2v) is 5.71. The van der Waals surface area contributed by atoms with E-state index in [0.29, 0.717) is 0 Å². The monoisotopic (exact) mass is 279 g/mol. The number of hydrogen-bond donors (Lipinski definition) is 2. The lowest BCUT2D eigenvalue weighted by molar-refractivity contribution is 0.690. The summed E-state index contributed by atoms with van der Waals surface area (Å²) in [6.45, 7) is 4.11. The molecule has 3 N–H and O–H groups in total. The Morgan fingerprint density at radius 3 is 2.81 bits per heavy atom. The van der Waals surface area contributed by atoms with Crippen LogP contribution >= 0.6 is 0 Å². The molecule has 0 atom stereocenters. The summed E-state index contributed by atoms with van der Waals surface area (Å²) in [5.74, 6) is 0.132. The summed E-state index contributed by atoms with van der Waals surface area (Å²) in [6.07, 6.45) is 2.39. The minimum Gasteiger partial charge on any atom is -0.384 e. The Balaban J connectivity index is 1.86. The van der Waals surface area contributed by atoms with Gasteiger partial charge in [-0.05, 0) is 48.6 Å². The molecule has 2 aromatic rings. The van der Waals surface area contributed by atoms with Crippen molar-refractivity contribution < 1.29 is 0 Å². The summed E-state index contributed by atoms with van der Waals surface area (Å²) in [4.78, 5) is 2.45. The number of benzene rings is 2. The van der Waals surface area contributed by atoms with E-state index < -0.39 is 0 Å². The highest BCUT2D eigenvalue weighted by Gasteiger charge is 2.17. The van der Waals surface area contributed by atoms with Crippen molar-refractivity contribution in [1.29, 1.82) is 5.41 Å². The van der Waals surface area contributed by atoms with Crippen LogP contribution in [0.25, 0.3) is 0 Å². The lowest BCUT2D eigenvalue weighted by atomic mass is 9.99. The molecule has 3 heteroatoms. The number of aryl methyl sites for hydroxylation is 2. The second-order valence-electron chi connectivity index (χ2n) is 5.71. The van der Waals surface area contributed by atoms with Crippen molar-refractivity contribution in [3.8, 4) is 0 Å². The molecule has 0 aliphatic carbocycles.